The van der Waals surface area contributed by atoms with Crippen LogP contribution in [-0.2, 0) is 0 Å². The van der Waals surface area contributed by atoms with Gasteiger partial charge in [0, 0.05) is 17.6 Å². The predicted molar refractivity (Wildman–Crippen MR) is 71.1 cm³/mol. The van der Waals surface area contributed by atoms with E-state index in [1.165, 1.54) is 12.8 Å². The van der Waals surface area contributed by atoms with Gasteiger partial charge in [0.25, 0.3) is 0 Å². The Hall–Kier alpha value is -1.02. The maximum Gasteiger partial charge on any atom is 0.120 e. The van der Waals surface area contributed by atoms with E-state index in [1.807, 2.05) is 18.2 Å². The van der Waals surface area contributed by atoms with Gasteiger partial charge in [0.05, 0.1) is 0 Å². The zero-order valence-corrected chi connectivity index (χ0v) is 11.1. The molecule has 0 aromatic heterocycles. The number of phenols is 1. The first-order valence-electron chi connectivity index (χ1n) is 6.63. The lowest BCUT2D eigenvalue weighted by atomic mass is 9.91. The van der Waals surface area contributed by atoms with Gasteiger partial charge < -0.3 is 5.11 Å². The Labute approximate surface area is 104 Å². The van der Waals surface area contributed by atoms with Crippen molar-refractivity contribution in [1.29, 1.82) is 0 Å². The van der Waals surface area contributed by atoms with Crippen molar-refractivity contribution in [3.8, 4) is 5.75 Å². The average molecular weight is 233 g/mol. The Morgan fingerprint density at radius 2 is 2.00 bits per heavy atom. The molecule has 1 aliphatic rings. The maximum absolute atomic E-state index is 9.92. The van der Waals surface area contributed by atoms with Crippen molar-refractivity contribution in [2.24, 2.45) is 5.92 Å². The molecule has 0 amide bonds. The summed E-state index contributed by atoms with van der Waals surface area (Å²) in [5, 5.41) is 9.92. The standard InChI is InChI=1S/C15H23NO/c1-11-8-9-16(12(2)10-11)13(3)14-6-4-5-7-15(14)17/h4-7,11-13,17H,8-10H2,1-3H3. The molecule has 1 aliphatic heterocycles. The number of phenolic OH excluding ortho intramolecular Hbond substituents is 1. The molecule has 0 spiro atoms. The van der Waals surface area contributed by atoms with Gasteiger partial charge in [-0.25, -0.2) is 0 Å². The van der Waals surface area contributed by atoms with Crippen LogP contribution < -0.4 is 0 Å². The molecule has 17 heavy (non-hydrogen) atoms. The summed E-state index contributed by atoms with van der Waals surface area (Å²) < 4.78 is 0. The second-order valence-corrected chi connectivity index (χ2v) is 5.45. The van der Waals surface area contributed by atoms with Crippen LogP contribution in [0, 0.1) is 5.92 Å². The first kappa shape index (κ1) is 12.4. The van der Waals surface area contributed by atoms with Gasteiger partial charge in [0.15, 0.2) is 0 Å². The molecule has 2 nitrogen and oxygen atoms in total. The van der Waals surface area contributed by atoms with Crippen LogP contribution in [0.5, 0.6) is 5.75 Å². The van der Waals surface area contributed by atoms with E-state index in [2.05, 4.69) is 25.7 Å². The van der Waals surface area contributed by atoms with Gasteiger partial charge >= 0.3 is 0 Å². The largest absolute Gasteiger partial charge is 0.508 e. The number of nitrogens with zero attached hydrogens (tertiary/aromatic N) is 1. The van der Waals surface area contributed by atoms with Crippen molar-refractivity contribution in [3.05, 3.63) is 29.8 Å². The fraction of sp³-hybridized carbons (Fsp3) is 0.600. The first-order chi connectivity index (χ1) is 8.09. The quantitative estimate of drug-likeness (QED) is 0.844. The number of hydrogen-bond acceptors (Lipinski definition) is 2. The van der Waals surface area contributed by atoms with E-state index in [0.29, 0.717) is 17.8 Å². The van der Waals surface area contributed by atoms with E-state index in [9.17, 15) is 5.11 Å². The number of benzene rings is 1. The van der Waals surface area contributed by atoms with Gasteiger partial charge in [-0.05, 0) is 45.2 Å². The lowest BCUT2D eigenvalue weighted by Gasteiger charge is -2.40. The molecular weight excluding hydrogens is 210 g/mol. The number of piperidine rings is 1. The zero-order valence-electron chi connectivity index (χ0n) is 11.1. The van der Waals surface area contributed by atoms with Crippen LogP contribution in [0.2, 0.25) is 0 Å². The highest BCUT2D eigenvalue weighted by Gasteiger charge is 2.28. The summed E-state index contributed by atoms with van der Waals surface area (Å²) >= 11 is 0. The van der Waals surface area contributed by atoms with Crippen LogP contribution in [0.1, 0.15) is 45.2 Å². The number of rotatable bonds is 2. The monoisotopic (exact) mass is 233 g/mol. The lowest BCUT2D eigenvalue weighted by Crippen LogP contribution is -2.41. The Balaban J connectivity index is 2.15. The molecular formula is C15H23NO. The minimum absolute atomic E-state index is 0.304. The van der Waals surface area contributed by atoms with E-state index in [-0.39, 0.29) is 0 Å². The summed E-state index contributed by atoms with van der Waals surface area (Å²) in [6.45, 7) is 7.96. The number of hydrogen-bond donors (Lipinski definition) is 1. The third-order valence-electron chi connectivity index (χ3n) is 4.07. The third kappa shape index (κ3) is 2.63. The Morgan fingerprint density at radius 3 is 2.65 bits per heavy atom. The number of likely N-dealkylation sites (tertiary alicyclic amines) is 1. The highest BCUT2D eigenvalue weighted by atomic mass is 16.3. The van der Waals surface area contributed by atoms with E-state index < -0.39 is 0 Å². The highest BCUT2D eigenvalue weighted by molar-refractivity contribution is 5.34. The van der Waals surface area contributed by atoms with E-state index in [0.717, 1.165) is 18.0 Å². The van der Waals surface area contributed by atoms with Crippen molar-refractivity contribution in [2.45, 2.75) is 45.7 Å². The van der Waals surface area contributed by atoms with Gasteiger partial charge in [-0.15, -0.1) is 0 Å². The van der Waals surface area contributed by atoms with E-state index >= 15 is 0 Å². The molecule has 1 saturated heterocycles. The molecule has 0 aliphatic carbocycles. The molecule has 2 rings (SSSR count). The van der Waals surface area contributed by atoms with Crippen LogP contribution in [0.15, 0.2) is 24.3 Å². The summed E-state index contributed by atoms with van der Waals surface area (Å²) in [5.41, 5.74) is 1.05. The molecule has 0 radical (unpaired) electrons. The van der Waals surface area contributed by atoms with Gasteiger partial charge in [0.2, 0.25) is 0 Å². The second kappa shape index (κ2) is 5.09. The molecule has 1 N–H and O–H groups in total. The normalized spacial score (nSPS) is 27.9. The molecule has 0 saturated carbocycles. The third-order valence-corrected chi connectivity index (χ3v) is 4.07. The number of aromatic hydroxyl groups is 1. The summed E-state index contributed by atoms with van der Waals surface area (Å²) in [5.74, 6) is 1.25. The van der Waals surface area contributed by atoms with Crippen LogP contribution in [-0.4, -0.2) is 22.6 Å². The maximum atomic E-state index is 9.92. The minimum atomic E-state index is 0.304. The molecule has 1 aromatic carbocycles. The van der Waals surface area contributed by atoms with Crippen molar-refractivity contribution >= 4 is 0 Å². The minimum Gasteiger partial charge on any atom is -0.508 e. The van der Waals surface area contributed by atoms with E-state index in [4.69, 9.17) is 0 Å². The molecule has 94 valence electrons. The molecule has 1 aromatic rings. The fourth-order valence-corrected chi connectivity index (χ4v) is 3.02. The molecule has 2 heteroatoms. The van der Waals surface area contributed by atoms with Gasteiger partial charge in [-0.1, -0.05) is 25.1 Å². The van der Waals surface area contributed by atoms with Crippen LogP contribution >= 0.6 is 0 Å². The summed E-state index contributed by atoms with van der Waals surface area (Å²) in [6.07, 6.45) is 2.53. The summed E-state index contributed by atoms with van der Waals surface area (Å²) in [6, 6.07) is 8.61. The SMILES string of the molecule is CC1CCN(C(C)c2ccccc2O)C(C)C1. The van der Waals surface area contributed by atoms with Gasteiger partial charge in [-0.2, -0.15) is 0 Å². The van der Waals surface area contributed by atoms with Crippen LogP contribution in [0.4, 0.5) is 0 Å². The van der Waals surface area contributed by atoms with Crippen molar-refractivity contribution < 1.29 is 5.11 Å². The summed E-state index contributed by atoms with van der Waals surface area (Å²) in [4.78, 5) is 2.51. The average Bonchev–Trinajstić information content (AvgIpc) is 2.29. The fourth-order valence-electron chi connectivity index (χ4n) is 3.02. The first-order valence-corrected chi connectivity index (χ1v) is 6.63. The molecule has 3 atom stereocenters. The summed E-state index contributed by atoms with van der Waals surface area (Å²) in [7, 11) is 0. The molecule has 1 fully saturated rings. The van der Waals surface area contributed by atoms with Crippen molar-refractivity contribution in [3.63, 3.8) is 0 Å². The molecule has 0 bridgehead atoms. The second-order valence-electron chi connectivity index (χ2n) is 5.45. The van der Waals surface area contributed by atoms with E-state index in [1.54, 1.807) is 6.07 Å². The zero-order chi connectivity index (χ0) is 12.4. The van der Waals surface area contributed by atoms with Crippen molar-refractivity contribution in [2.75, 3.05) is 6.54 Å². The Kier molecular flexibility index (Phi) is 3.72. The predicted octanol–water partition coefficient (Wildman–Crippen LogP) is 3.57. The Morgan fingerprint density at radius 1 is 1.29 bits per heavy atom. The van der Waals surface area contributed by atoms with Crippen molar-refractivity contribution in [1.82, 2.24) is 4.90 Å². The smallest absolute Gasteiger partial charge is 0.120 e. The molecule has 3 unspecified atom stereocenters. The number of para-hydroxylation sites is 1. The molecule has 1 heterocycles. The van der Waals surface area contributed by atoms with Gasteiger partial charge in [0.1, 0.15) is 5.75 Å². The Bertz CT molecular complexity index is 377. The van der Waals surface area contributed by atoms with Gasteiger partial charge in [-0.3, -0.25) is 4.90 Å². The van der Waals surface area contributed by atoms with Crippen LogP contribution in [0.25, 0.3) is 0 Å². The highest BCUT2D eigenvalue weighted by Crippen LogP contribution is 2.33. The lowest BCUT2D eigenvalue weighted by molar-refractivity contribution is 0.0883. The topological polar surface area (TPSA) is 23.5 Å². The van der Waals surface area contributed by atoms with Crippen LogP contribution in [0.3, 0.4) is 0 Å².